The maximum absolute atomic E-state index is 4.46. The van der Waals surface area contributed by atoms with Gasteiger partial charge >= 0.3 is 0 Å². The van der Waals surface area contributed by atoms with Crippen molar-refractivity contribution in [2.45, 2.75) is 6.92 Å². The second-order valence-electron chi connectivity index (χ2n) is 4.66. The van der Waals surface area contributed by atoms with E-state index >= 15 is 0 Å². The monoisotopic (exact) mass is 245 g/mol. The van der Waals surface area contributed by atoms with Crippen LogP contribution in [0, 0.1) is 6.92 Å². The van der Waals surface area contributed by atoms with Gasteiger partial charge < -0.3 is 0 Å². The zero-order valence-electron chi connectivity index (χ0n) is 10.9. The van der Waals surface area contributed by atoms with Crippen molar-refractivity contribution in [2.75, 3.05) is 0 Å². The quantitative estimate of drug-likeness (QED) is 0.637. The Labute approximate surface area is 113 Å². The topological polar surface area (TPSA) is 12.9 Å². The van der Waals surface area contributed by atoms with Crippen LogP contribution in [0.5, 0.6) is 0 Å². The van der Waals surface area contributed by atoms with E-state index in [1.165, 1.54) is 21.9 Å². The summed E-state index contributed by atoms with van der Waals surface area (Å²) in [5.74, 6) is 0. The van der Waals surface area contributed by atoms with E-state index in [2.05, 4.69) is 66.5 Å². The van der Waals surface area contributed by atoms with E-state index in [9.17, 15) is 0 Å². The minimum absolute atomic E-state index is 1.01. The Morgan fingerprint density at radius 2 is 1.79 bits per heavy atom. The number of pyridine rings is 1. The van der Waals surface area contributed by atoms with Gasteiger partial charge in [0.25, 0.3) is 0 Å². The van der Waals surface area contributed by atoms with Crippen molar-refractivity contribution in [1.29, 1.82) is 0 Å². The van der Waals surface area contributed by atoms with Crippen molar-refractivity contribution in [1.82, 2.24) is 4.98 Å². The van der Waals surface area contributed by atoms with Crippen LogP contribution in [0.15, 0.2) is 60.8 Å². The molecule has 19 heavy (non-hydrogen) atoms. The summed E-state index contributed by atoms with van der Waals surface area (Å²) in [6.07, 6.45) is 6.05. The second-order valence-corrected chi connectivity index (χ2v) is 4.66. The van der Waals surface area contributed by atoms with Crippen molar-refractivity contribution in [3.05, 3.63) is 77.6 Å². The summed E-state index contributed by atoms with van der Waals surface area (Å²) in [5, 5.41) is 2.41. The van der Waals surface area contributed by atoms with E-state index in [0.29, 0.717) is 0 Å². The van der Waals surface area contributed by atoms with Gasteiger partial charge in [-0.15, -0.1) is 0 Å². The molecule has 1 heteroatoms. The average Bonchev–Trinajstić information content (AvgIpc) is 2.45. The van der Waals surface area contributed by atoms with Gasteiger partial charge in [0.05, 0.1) is 5.69 Å². The zero-order chi connectivity index (χ0) is 13.1. The van der Waals surface area contributed by atoms with Gasteiger partial charge in [0.2, 0.25) is 0 Å². The van der Waals surface area contributed by atoms with E-state index in [1.807, 2.05) is 18.3 Å². The first kappa shape index (κ1) is 11.7. The van der Waals surface area contributed by atoms with Gasteiger partial charge in [-0.3, -0.25) is 4.98 Å². The van der Waals surface area contributed by atoms with Crippen LogP contribution >= 0.6 is 0 Å². The first-order valence-corrected chi connectivity index (χ1v) is 6.41. The molecule has 1 heterocycles. The lowest BCUT2D eigenvalue weighted by molar-refractivity contribution is 1.33. The molecule has 0 aliphatic heterocycles. The third-order valence-electron chi connectivity index (χ3n) is 3.18. The van der Waals surface area contributed by atoms with E-state index in [1.54, 1.807) is 0 Å². The van der Waals surface area contributed by atoms with Gasteiger partial charge in [0.15, 0.2) is 0 Å². The number of aromatic nitrogens is 1. The van der Waals surface area contributed by atoms with E-state index in [0.717, 1.165) is 5.69 Å². The highest BCUT2D eigenvalue weighted by molar-refractivity contribution is 5.90. The van der Waals surface area contributed by atoms with Crippen LogP contribution in [0.2, 0.25) is 0 Å². The molecule has 2 aromatic carbocycles. The Balaban J connectivity index is 2.02. The lowest BCUT2D eigenvalue weighted by Crippen LogP contribution is -1.83. The van der Waals surface area contributed by atoms with E-state index in [4.69, 9.17) is 0 Å². The van der Waals surface area contributed by atoms with E-state index < -0.39 is 0 Å². The molecule has 0 fully saturated rings. The third-order valence-corrected chi connectivity index (χ3v) is 3.18. The number of nitrogens with zero attached hydrogens (tertiary/aromatic N) is 1. The highest BCUT2D eigenvalue weighted by Crippen LogP contribution is 2.18. The lowest BCUT2D eigenvalue weighted by atomic mass is 10.1. The van der Waals surface area contributed by atoms with Crippen molar-refractivity contribution in [3.63, 3.8) is 0 Å². The standard InChI is InChI=1S/C18H15N/c1-14-5-4-6-15(13-14)9-10-18-17-8-3-2-7-16(17)11-12-19-18/h2-13H,1H3. The van der Waals surface area contributed by atoms with Crippen LogP contribution in [-0.2, 0) is 0 Å². The molecule has 0 spiro atoms. The van der Waals surface area contributed by atoms with Gasteiger partial charge in [-0.2, -0.15) is 0 Å². The maximum atomic E-state index is 4.46. The molecule has 1 aromatic heterocycles. The summed E-state index contributed by atoms with van der Waals surface area (Å²) in [7, 11) is 0. The molecule has 0 saturated carbocycles. The molecular formula is C18H15N. The van der Waals surface area contributed by atoms with Gasteiger partial charge in [0, 0.05) is 11.6 Å². The van der Waals surface area contributed by atoms with Crippen LogP contribution in [0.1, 0.15) is 16.8 Å². The SMILES string of the molecule is Cc1cccc(C=Cc2nccc3ccccc23)c1. The Kier molecular flexibility index (Phi) is 3.11. The number of benzene rings is 2. The lowest BCUT2D eigenvalue weighted by Gasteiger charge is -2.01. The molecule has 0 saturated heterocycles. The molecule has 0 radical (unpaired) electrons. The molecule has 0 aliphatic carbocycles. The van der Waals surface area contributed by atoms with Gasteiger partial charge in [0.1, 0.15) is 0 Å². The molecule has 0 atom stereocenters. The number of hydrogen-bond acceptors (Lipinski definition) is 1. The minimum atomic E-state index is 1.01. The van der Waals surface area contributed by atoms with Crippen molar-refractivity contribution in [2.24, 2.45) is 0 Å². The zero-order valence-corrected chi connectivity index (χ0v) is 10.9. The number of fused-ring (bicyclic) bond motifs is 1. The van der Waals surface area contributed by atoms with Crippen molar-refractivity contribution >= 4 is 22.9 Å². The van der Waals surface area contributed by atoms with Crippen molar-refractivity contribution in [3.8, 4) is 0 Å². The van der Waals surface area contributed by atoms with Gasteiger partial charge in [-0.25, -0.2) is 0 Å². The number of hydrogen-bond donors (Lipinski definition) is 0. The molecule has 0 N–H and O–H groups in total. The van der Waals surface area contributed by atoms with Crippen LogP contribution < -0.4 is 0 Å². The Morgan fingerprint density at radius 3 is 2.68 bits per heavy atom. The van der Waals surface area contributed by atoms with Crippen molar-refractivity contribution < 1.29 is 0 Å². The predicted octanol–water partition coefficient (Wildman–Crippen LogP) is 4.71. The summed E-state index contributed by atoms with van der Waals surface area (Å²) in [6.45, 7) is 2.10. The number of rotatable bonds is 2. The molecule has 3 rings (SSSR count). The minimum Gasteiger partial charge on any atom is -0.256 e. The third kappa shape index (κ3) is 2.55. The predicted molar refractivity (Wildman–Crippen MR) is 81.9 cm³/mol. The first-order valence-electron chi connectivity index (χ1n) is 6.41. The van der Waals surface area contributed by atoms with E-state index in [-0.39, 0.29) is 0 Å². The smallest absolute Gasteiger partial charge is 0.0708 e. The Hall–Kier alpha value is -2.41. The molecule has 0 aliphatic rings. The maximum Gasteiger partial charge on any atom is 0.0708 e. The van der Waals surface area contributed by atoms with Crippen LogP contribution in [0.25, 0.3) is 22.9 Å². The van der Waals surface area contributed by atoms with Crippen LogP contribution in [0.4, 0.5) is 0 Å². The number of aryl methyl sites for hydroxylation is 1. The summed E-state index contributed by atoms with van der Waals surface area (Å²) < 4.78 is 0. The highest BCUT2D eigenvalue weighted by atomic mass is 14.7. The fourth-order valence-corrected chi connectivity index (χ4v) is 2.22. The Morgan fingerprint density at radius 1 is 0.895 bits per heavy atom. The molecule has 92 valence electrons. The molecule has 3 aromatic rings. The summed E-state index contributed by atoms with van der Waals surface area (Å²) in [4.78, 5) is 4.46. The van der Waals surface area contributed by atoms with Crippen LogP contribution in [-0.4, -0.2) is 4.98 Å². The molecule has 1 nitrogen and oxygen atoms in total. The first-order chi connectivity index (χ1) is 9.33. The molecule has 0 unspecified atom stereocenters. The largest absolute Gasteiger partial charge is 0.256 e. The normalized spacial score (nSPS) is 11.2. The fraction of sp³-hybridized carbons (Fsp3) is 0.0556. The summed E-state index contributed by atoms with van der Waals surface area (Å²) >= 11 is 0. The van der Waals surface area contributed by atoms with Crippen LogP contribution in [0.3, 0.4) is 0 Å². The second kappa shape index (κ2) is 5.07. The summed E-state index contributed by atoms with van der Waals surface area (Å²) in [5.41, 5.74) is 3.49. The average molecular weight is 245 g/mol. The Bertz CT molecular complexity index is 736. The summed E-state index contributed by atoms with van der Waals surface area (Å²) in [6, 6.07) is 18.8. The molecule has 0 amide bonds. The highest BCUT2D eigenvalue weighted by Gasteiger charge is 1.97. The molecule has 0 bridgehead atoms. The fourth-order valence-electron chi connectivity index (χ4n) is 2.22. The van der Waals surface area contributed by atoms with Gasteiger partial charge in [-0.1, -0.05) is 60.2 Å². The molecular weight excluding hydrogens is 230 g/mol. The van der Waals surface area contributed by atoms with Gasteiger partial charge in [-0.05, 0) is 30.0 Å².